The Morgan fingerprint density at radius 3 is 2.62 bits per heavy atom. The molecule has 0 saturated heterocycles. The van der Waals surface area contributed by atoms with Crippen molar-refractivity contribution in [3.05, 3.63) is 23.3 Å². The van der Waals surface area contributed by atoms with Crippen molar-refractivity contribution in [2.24, 2.45) is 0 Å². The summed E-state index contributed by atoms with van der Waals surface area (Å²) in [5, 5.41) is -0.0284. The largest absolute Gasteiger partial charge is 0.383 e. The second kappa shape index (κ2) is 6.16. The summed E-state index contributed by atoms with van der Waals surface area (Å²) >= 11 is 6.11. The second-order valence-electron chi connectivity index (χ2n) is 4.27. The molecule has 16 heavy (non-hydrogen) atoms. The second-order valence-corrected chi connectivity index (χ2v) is 4.89. The highest BCUT2D eigenvalue weighted by Gasteiger charge is 2.10. The van der Waals surface area contributed by atoms with Crippen molar-refractivity contribution >= 4 is 11.6 Å². The number of rotatable bonds is 5. The lowest BCUT2D eigenvalue weighted by molar-refractivity contribution is 0.197. The van der Waals surface area contributed by atoms with Crippen LogP contribution >= 0.6 is 11.6 Å². The number of alkyl halides is 1. The molecule has 0 aromatic carbocycles. The normalized spacial score (nSPS) is 13.1. The summed E-state index contributed by atoms with van der Waals surface area (Å²) in [6.45, 7) is 6.70. The quantitative estimate of drug-likeness (QED) is 0.745. The minimum Gasteiger partial charge on any atom is -0.383 e. The summed E-state index contributed by atoms with van der Waals surface area (Å²) in [6.07, 6.45) is 0.721. The molecule has 0 aliphatic rings. The van der Waals surface area contributed by atoms with Crippen molar-refractivity contribution in [1.82, 2.24) is 9.97 Å². The van der Waals surface area contributed by atoms with Crippen LogP contribution < -0.4 is 0 Å². The minimum absolute atomic E-state index is 0.0284. The maximum absolute atomic E-state index is 6.11. The fourth-order valence-electron chi connectivity index (χ4n) is 1.49. The summed E-state index contributed by atoms with van der Waals surface area (Å²) in [7, 11) is 1.65. The third kappa shape index (κ3) is 4.06. The highest BCUT2D eigenvalue weighted by atomic mass is 35.5. The number of hydrogen-bond donors (Lipinski definition) is 0. The molecular weight excluding hydrogens is 224 g/mol. The monoisotopic (exact) mass is 242 g/mol. The van der Waals surface area contributed by atoms with Gasteiger partial charge in [0.25, 0.3) is 0 Å². The van der Waals surface area contributed by atoms with Gasteiger partial charge in [0.15, 0.2) is 0 Å². The molecule has 0 fully saturated rings. The molecule has 1 aromatic heterocycles. The van der Waals surface area contributed by atoms with E-state index >= 15 is 0 Å². The molecule has 90 valence electrons. The summed E-state index contributed by atoms with van der Waals surface area (Å²) in [5.41, 5.74) is 1.99. The zero-order valence-corrected chi connectivity index (χ0v) is 11.1. The molecule has 0 bridgehead atoms. The molecule has 1 atom stereocenters. The summed E-state index contributed by atoms with van der Waals surface area (Å²) in [4.78, 5) is 8.91. The number of hydrogen-bond acceptors (Lipinski definition) is 3. The number of nitrogens with zero attached hydrogens (tertiary/aromatic N) is 2. The minimum atomic E-state index is -0.0284. The first-order valence-corrected chi connectivity index (χ1v) is 5.94. The summed E-state index contributed by atoms with van der Waals surface area (Å²) in [6, 6.07) is 1.98. The van der Waals surface area contributed by atoms with Crippen molar-refractivity contribution in [2.75, 3.05) is 13.7 Å². The fraction of sp³-hybridized carbons (Fsp3) is 0.667. The van der Waals surface area contributed by atoms with Crippen LogP contribution in [-0.4, -0.2) is 29.1 Å². The van der Waals surface area contributed by atoms with E-state index in [4.69, 9.17) is 16.3 Å². The van der Waals surface area contributed by atoms with E-state index in [1.165, 1.54) is 0 Å². The molecule has 0 amide bonds. The van der Waals surface area contributed by atoms with Gasteiger partial charge in [0.1, 0.15) is 5.82 Å². The lowest BCUT2D eigenvalue weighted by atomic mass is 10.1. The van der Waals surface area contributed by atoms with Gasteiger partial charge in [-0.05, 0) is 13.0 Å². The fourth-order valence-corrected chi connectivity index (χ4v) is 1.77. The lowest BCUT2D eigenvalue weighted by Gasteiger charge is -2.11. The first-order chi connectivity index (χ1) is 7.52. The number of ether oxygens (including phenoxy) is 1. The molecular formula is C12H19ClN2O. The van der Waals surface area contributed by atoms with Gasteiger partial charge in [-0.2, -0.15) is 0 Å². The van der Waals surface area contributed by atoms with E-state index in [1.54, 1.807) is 7.11 Å². The first-order valence-electron chi connectivity index (χ1n) is 5.50. The number of halogens is 1. The average molecular weight is 243 g/mol. The summed E-state index contributed by atoms with van der Waals surface area (Å²) < 4.78 is 5.01. The van der Waals surface area contributed by atoms with Crippen LogP contribution in [0.25, 0.3) is 0 Å². The zero-order chi connectivity index (χ0) is 12.1. The van der Waals surface area contributed by atoms with Crippen LogP contribution in [0.15, 0.2) is 6.07 Å². The van der Waals surface area contributed by atoms with Crippen LogP contribution in [0.1, 0.15) is 37.0 Å². The molecule has 3 nitrogen and oxygen atoms in total. The van der Waals surface area contributed by atoms with Crippen LogP contribution in [-0.2, 0) is 11.2 Å². The molecule has 1 rings (SSSR count). The van der Waals surface area contributed by atoms with Crippen molar-refractivity contribution in [3.8, 4) is 0 Å². The van der Waals surface area contributed by atoms with Gasteiger partial charge < -0.3 is 4.74 Å². The van der Waals surface area contributed by atoms with Gasteiger partial charge in [-0.1, -0.05) is 13.8 Å². The van der Waals surface area contributed by atoms with E-state index in [2.05, 4.69) is 23.8 Å². The van der Waals surface area contributed by atoms with E-state index in [0.29, 0.717) is 12.5 Å². The lowest BCUT2D eigenvalue weighted by Crippen LogP contribution is -2.13. The Labute approximate surface area is 102 Å². The Hall–Kier alpha value is -0.670. The molecule has 0 N–H and O–H groups in total. The van der Waals surface area contributed by atoms with E-state index in [1.807, 2.05) is 13.0 Å². The maximum Gasteiger partial charge on any atom is 0.131 e. The highest BCUT2D eigenvalue weighted by Crippen LogP contribution is 2.13. The molecule has 0 spiro atoms. The van der Waals surface area contributed by atoms with Crippen LogP contribution in [0.4, 0.5) is 0 Å². The molecule has 1 heterocycles. The Balaban J connectivity index is 2.80. The average Bonchev–Trinajstić information content (AvgIpc) is 2.16. The highest BCUT2D eigenvalue weighted by molar-refractivity contribution is 6.20. The molecule has 1 unspecified atom stereocenters. The van der Waals surface area contributed by atoms with Gasteiger partial charge in [0, 0.05) is 30.8 Å². The van der Waals surface area contributed by atoms with Gasteiger partial charge in [-0.15, -0.1) is 11.6 Å². The first kappa shape index (κ1) is 13.4. The van der Waals surface area contributed by atoms with Crippen molar-refractivity contribution in [1.29, 1.82) is 0 Å². The molecule has 0 saturated carbocycles. The Morgan fingerprint density at radius 2 is 2.06 bits per heavy atom. The molecule has 4 heteroatoms. The predicted molar refractivity (Wildman–Crippen MR) is 66.1 cm³/mol. The standard InChI is InChI=1S/C12H19ClN2O/c1-8(2)12-14-9(3)5-11(15-12)6-10(13)7-16-4/h5,8,10H,6-7H2,1-4H3. The van der Waals surface area contributed by atoms with E-state index in [0.717, 1.165) is 23.6 Å². The van der Waals surface area contributed by atoms with Crippen LogP contribution in [0.5, 0.6) is 0 Å². The zero-order valence-electron chi connectivity index (χ0n) is 10.3. The van der Waals surface area contributed by atoms with E-state index < -0.39 is 0 Å². The van der Waals surface area contributed by atoms with Crippen molar-refractivity contribution in [3.63, 3.8) is 0 Å². The molecule has 0 aliphatic carbocycles. The van der Waals surface area contributed by atoms with Crippen LogP contribution in [0.2, 0.25) is 0 Å². The Kier molecular flexibility index (Phi) is 5.16. The van der Waals surface area contributed by atoms with Crippen molar-refractivity contribution < 1.29 is 4.74 Å². The number of aromatic nitrogens is 2. The smallest absolute Gasteiger partial charge is 0.131 e. The SMILES string of the molecule is COCC(Cl)Cc1cc(C)nc(C(C)C)n1. The molecule has 0 aliphatic heterocycles. The van der Waals surface area contributed by atoms with Crippen LogP contribution in [0.3, 0.4) is 0 Å². The third-order valence-corrected chi connectivity index (χ3v) is 2.50. The topological polar surface area (TPSA) is 35.0 Å². The molecule has 0 radical (unpaired) electrons. The van der Waals surface area contributed by atoms with Gasteiger partial charge in [0.2, 0.25) is 0 Å². The number of aryl methyl sites for hydroxylation is 1. The Bertz CT molecular complexity index is 342. The van der Waals surface area contributed by atoms with E-state index in [-0.39, 0.29) is 5.38 Å². The van der Waals surface area contributed by atoms with Crippen LogP contribution in [0, 0.1) is 6.92 Å². The number of methoxy groups -OCH3 is 1. The van der Waals surface area contributed by atoms with Crippen molar-refractivity contribution in [2.45, 2.75) is 38.5 Å². The maximum atomic E-state index is 6.11. The predicted octanol–water partition coefficient (Wildman–Crippen LogP) is 2.70. The van der Waals surface area contributed by atoms with Gasteiger partial charge in [0.05, 0.1) is 12.0 Å². The van der Waals surface area contributed by atoms with E-state index in [9.17, 15) is 0 Å². The summed E-state index contributed by atoms with van der Waals surface area (Å²) in [5.74, 6) is 1.23. The Morgan fingerprint density at radius 1 is 1.38 bits per heavy atom. The molecule has 1 aromatic rings. The van der Waals surface area contributed by atoms with Gasteiger partial charge in [-0.3, -0.25) is 0 Å². The van der Waals surface area contributed by atoms with Gasteiger partial charge >= 0.3 is 0 Å². The third-order valence-electron chi connectivity index (χ3n) is 2.22. The van der Waals surface area contributed by atoms with Gasteiger partial charge in [-0.25, -0.2) is 9.97 Å².